The summed E-state index contributed by atoms with van der Waals surface area (Å²) in [6.45, 7) is 4.11. The molecule has 0 aliphatic heterocycles. The molecule has 1 aromatic carbocycles. The molecular weight excluding hydrogens is 336 g/mol. The summed E-state index contributed by atoms with van der Waals surface area (Å²) in [6.07, 6.45) is -5.87. The van der Waals surface area contributed by atoms with Gasteiger partial charge in [0.05, 0.1) is 5.60 Å². The summed E-state index contributed by atoms with van der Waals surface area (Å²) in [4.78, 5) is 20.4. The summed E-state index contributed by atoms with van der Waals surface area (Å²) in [7, 11) is 0. The second-order valence-electron chi connectivity index (χ2n) is 5.95. The van der Waals surface area contributed by atoms with Gasteiger partial charge in [-0.05, 0) is 32.9 Å². The first-order valence-corrected chi connectivity index (χ1v) is 6.88. The Labute approximate surface area is 136 Å². The van der Waals surface area contributed by atoms with Gasteiger partial charge >= 0.3 is 18.3 Å². The van der Waals surface area contributed by atoms with Crippen LogP contribution in [0.2, 0.25) is 0 Å². The van der Waals surface area contributed by atoms with Crippen molar-refractivity contribution < 1.29 is 42.0 Å². The van der Waals surface area contributed by atoms with Crippen molar-refractivity contribution in [2.45, 2.75) is 50.9 Å². The van der Waals surface area contributed by atoms with Crippen molar-refractivity contribution in [3.05, 3.63) is 30.3 Å². The maximum absolute atomic E-state index is 13.7. The van der Waals surface area contributed by atoms with E-state index in [1.54, 1.807) is 6.07 Å². The number of esters is 1. The highest BCUT2D eigenvalue weighted by Gasteiger charge is 2.63. The Morgan fingerprint density at radius 3 is 2.12 bits per heavy atom. The van der Waals surface area contributed by atoms with Crippen molar-refractivity contribution in [1.82, 2.24) is 0 Å². The normalized spacial score (nSPS) is 15.2. The molecule has 0 spiro atoms. The van der Waals surface area contributed by atoms with Gasteiger partial charge < -0.3 is 9.84 Å². The van der Waals surface area contributed by atoms with Crippen LogP contribution in [-0.4, -0.2) is 34.8 Å². The van der Waals surface area contributed by atoms with E-state index < -0.39 is 36.1 Å². The summed E-state index contributed by atoms with van der Waals surface area (Å²) < 4.78 is 57.2. The molecule has 0 fully saturated rings. The third-order valence-corrected chi connectivity index (χ3v) is 2.58. The van der Waals surface area contributed by atoms with Gasteiger partial charge in [-0.1, -0.05) is 18.2 Å². The number of ether oxygens (including phenoxy) is 1. The van der Waals surface area contributed by atoms with Crippen LogP contribution in [0.25, 0.3) is 0 Å². The van der Waals surface area contributed by atoms with Gasteiger partial charge in [-0.3, -0.25) is 4.79 Å². The van der Waals surface area contributed by atoms with Crippen molar-refractivity contribution in [1.29, 1.82) is 0 Å². The van der Waals surface area contributed by atoms with E-state index in [-0.39, 0.29) is 5.75 Å². The maximum atomic E-state index is 13.7. The zero-order valence-electron chi connectivity index (χ0n) is 13.3. The third kappa shape index (κ3) is 5.43. The Morgan fingerprint density at radius 2 is 1.67 bits per heavy atom. The van der Waals surface area contributed by atoms with Crippen LogP contribution in [0.5, 0.6) is 5.75 Å². The first kappa shape index (κ1) is 20.3. The summed E-state index contributed by atoms with van der Waals surface area (Å²) in [5.74, 6) is -10.4. The monoisotopic (exact) mass is 354 g/mol. The van der Waals surface area contributed by atoms with Gasteiger partial charge in [-0.15, -0.1) is 0 Å². The van der Waals surface area contributed by atoms with E-state index in [0.717, 1.165) is 0 Å². The molecule has 0 bridgehead atoms. The molecule has 1 N–H and O–H groups in total. The van der Waals surface area contributed by atoms with E-state index in [1.165, 1.54) is 45.0 Å². The molecule has 1 rings (SSSR count). The SMILES string of the molecule is CC(C)(C)OOC(O)(CC(=O)Oc1ccccc1)C(F)(F)C(F)F. The zero-order valence-corrected chi connectivity index (χ0v) is 13.3. The van der Waals surface area contributed by atoms with Gasteiger partial charge in [0.2, 0.25) is 0 Å². The number of benzene rings is 1. The number of alkyl halides is 4. The second kappa shape index (κ2) is 7.45. The minimum absolute atomic E-state index is 0.0121. The summed E-state index contributed by atoms with van der Waals surface area (Å²) >= 11 is 0. The average Bonchev–Trinajstić information content (AvgIpc) is 2.45. The lowest BCUT2D eigenvalue weighted by Crippen LogP contribution is -2.56. The van der Waals surface area contributed by atoms with Crippen molar-refractivity contribution in [2.75, 3.05) is 0 Å². The number of hydrogen-bond donors (Lipinski definition) is 1. The van der Waals surface area contributed by atoms with E-state index in [1.807, 2.05) is 0 Å². The highest BCUT2D eigenvalue weighted by Crippen LogP contribution is 2.39. The summed E-state index contributed by atoms with van der Waals surface area (Å²) in [5.41, 5.74) is -1.20. The van der Waals surface area contributed by atoms with Crippen LogP contribution in [0.4, 0.5) is 17.6 Å². The van der Waals surface area contributed by atoms with Crippen LogP contribution in [-0.2, 0) is 14.6 Å². The summed E-state index contributed by atoms with van der Waals surface area (Å²) in [6, 6.07) is 7.30. The standard InChI is InChI=1S/C15H18F4O5/c1-13(2,3)23-24-14(21,15(18,19)12(16)17)9-11(20)22-10-7-5-4-6-8-10/h4-8,12,21H,9H2,1-3H3. The fourth-order valence-electron chi connectivity index (χ4n) is 1.42. The smallest absolute Gasteiger partial charge is 0.363 e. The topological polar surface area (TPSA) is 65.0 Å². The molecule has 1 atom stereocenters. The first-order chi connectivity index (χ1) is 10.9. The van der Waals surface area contributed by atoms with E-state index in [4.69, 9.17) is 4.74 Å². The quantitative estimate of drug-likeness (QED) is 0.203. The zero-order chi connectivity index (χ0) is 18.6. The number of para-hydroxylation sites is 1. The third-order valence-electron chi connectivity index (χ3n) is 2.58. The minimum Gasteiger partial charge on any atom is -0.426 e. The molecule has 0 amide bonds. The molecule has 0 saturated carbocycles. The highest BCUT2D eigenvalue weighted by molar-refractivity contribution is 5.73. The lowest BCUT2D eigenvalue weighted by Gasteiger charge is -2.34. The Bertz CT molecular complexity index is 545. The Morgan fingerprint density at radius 1 is 1.12 bits per heavy atom. The number of hydrogen-bond acceptors (Lipinski definition) is 5. The first-order valence-electron chi connectivity index (χ1n) is 6.88. The van der Waals surface area contributed by atoms with Crippen molar-refractivity contribution in [3.63, 3.8) is 0 Å². The van der Waals surface area contributed by atoms with Crippen LogP contribution in [0.3, 0.4) is 0 Å². The van der Waals surface area contributed by atoms with E-state index in [9.17, 15) is 27.5 Å². The minimum atomic E-state index is -5.08. The molecule has 1 unspecified atom stereocenters. The highest BCUT2D eigenvalue weighted by atomic mass is 19.3. The van der Waals surface area contributed by atoms with Crippen molar-refractivity contribution in [2.24, 2.45) is 0 Å². The molecule has 0 aromatic heterocycles. The second-order valence-corrected chi connectivity index (χ2v) is 5.95. The van der Waals surface area contributed by atoms with Gasteiger partial charge in [0.15, 0.2) is 0 Å². The van der Waals surface area contributed by atoms with E-state index in [0.29, 0.717) is 0 Å². The van der Waals surface area contributed by atoms with Crippen LogP contribution in [0.15, 0.2) is 30.3 Å². The van der Waals surface area contributed by atoms with E-state index in [2.05, 4.69) is 9.78 Å². The van der Waals surface area contributed by atoms with Crippen LogP contribution in [0, 0.1) is 0 Å². The predicted octanol–water partition coefficient (Wildman–Crippen LogP) is 3.32. The number of carbonyl (C=O) groups excluding carboxylic acids is 1. The van der Waals surface area contributed by atoms with Crippen LogP contribution in [0.1, 0.15) is 27.2 Å². The number of rotatable bonds is 7. The average molecular weight is 354 g/mol. The molecule has 0 saturated heterocycles. The number of aliphatic hydroxyl groups is 1. The largest absolute Gasteiger partial charge is 0.426 e. The lowest BCUT2D eigenvalue weighted by atomic mass is 10.1. The molecular formula is C15H18F4O5. The molecule has 0 heterocycles. The Kier molecular flexibility index (Phi) is 6.32. The molecule has 0 radical (unpaired) electrons. The molecule has 0 aliphatic carbocycles. The van der Waals surface area contributed by atoms with Crippen molar-refractivity contribution in [3.8, 4) is 5.75 Å². The van der Waals surface area contributed by atoms with E-state index >= 15 is 0 Å². The molecule has 1 aromatic rings. The maximum Gasteiger partial charge on any atom is 0.363 e. The number of halogens is 4. The van der Waals surface area contributed by atoms with Crippen molar-refractivity contribution >= 4 is 5.97 Å². The van der Waals surface area contributed by atoms with Gasteiger partial charge in [-0.2, -0.15) is 13.7 Å². The van der Waals surface area contributed by atoms with Gasteiger partial charge in [0.25, 0.3) is 5.79 Å². The molecule has 0 aliphatic rings. The Balaban J connectivity index is 2.94. The number of carbonyl (C=O) groups is 1. The molecule has 5 nitrogen and oxygen atoms in total. The predicted molar refractivity (Wildman–Crippen MR) is 74.5 cm³/mol. The van der Waals surface area contributed by atoms with Gasteiger partial charge in [-0.25, -0.2) is 13.7 Å². The fraction of sp³-hybridized carbons (Fsp3) is 0.533. The summed E-state index contributed by atoms with van der Waals surface area (Å²) in [5, 5.41) is 9.84. The van der Waals surface area contributed by atoms with Crippen LogP contribution >= 0.6 is 0 Å². The molecule has 136 valence electrons. The molecule has 24 heavy (non-hydrogen) atoms. The fourth-order valence-corrected chi connectivity index (χ4v) is 1.42. The van der Waals surface area contributed by atoms with Gasteiger partial charge in [0, 0.05) is 0 Å². The Hall–Kier alpha value is -1.71. The molecule has 9 heteroatoms. The van der Waals surface area contributed by atoms with Crippen LogP contribution < -0.4 is 4.74 Å². The van der Waals surface area contributed by atoms with Gasteiger partial charge in [0.1, 0.15) is 12.2 Å². The lowest BCUT2D eigenvalue weighted by molar-refractivity contribution is -0.496.